The summed E-state index contributed by atoms with van der Waals surface area (Å²) in [6, 6.07) is 2.24. The number of hydrogen-bond acceptors (Lipinski definition) is 3. The average molecular weight is 304 g/mol. The molecule has 1 unspecified atom stereocenters. The van der Waals surface area contributed by atoms with Crippen LogP contribution < -0.4 is 5.73 Å². The van der Waals surface area contributed by atoms with Gasteiger partial charge in [-0.25, -0.2) is 9.18 Å². The Kier molecular flexibility index (Phi) is 3.39. The van der Waals surface area contributed by atoms with Crippen LogP contribution in [0.25, 0.3) is 5.57 Å². The second-order valence-electron chi connectivity index (χ2n) is 5.87. The molecule has 116 valence electrons. The molecule has 1 fully saturated rings. The van der Waals surface area contributed by atoms with E-state index in [0.717, 1.165) is 0 Å². The molecule has 6 heteroatoms. The van der Waals surface area contributed by atoms with Gasteiger partial charge < -0.3 is 15.7 Å². The molecule has 5 nitrogen and oxygen atoms in total. The summed E-state index contributed by atoms with van der Waals surface area (Å²) >= 11 is 0. The number of hydrogen-bond donors (Lipinski definition) is 2. The maximum absolute atomic E-state index is 14.4. The molecule has 2 atom stereocenters. The van der Waals surface area contributed by atoms with Crippen LogP contribution in [-0.4, -0.2) is 34.0 Å². The molecule has 22 heavy (non-hydrogen) atoms. The summed E-state index contributed by atoms with van der Waals surface area (Å²) in [6.07, 6.45) is 2.79. The van der Waals surface area contributed by atoms with Crippen LogP contribution in [-0.2, 0) is 9.59 Å². The molecule has 3 N–H and O–H groups in total. The maximum Gasteiger partial charge on any atom is 0.326 e. The largest absolute Gasteiger partial charge is 0.480 e. The third-order valence-corrected chi connectivity index (χ3v) is 4.48. The van der Waals surface area contributed by atoms with Crippen molar-refractivity contribution in [2.45, 2.75) is 38.3 Å². The van der Waals surface area contributed by atoms with E-state index in [-0.39, 0.29) is 17.5 Å². The van der Waals surface area contributed by atoms with Crippen LogP contribution in [0.4, 0.5) is 10.1 Å². The molecule has 1 aromatic carbocycles. The number of rotatable bonds is 2. The van der Waals surface area contributed by atoms with Crippen molar-refractivity contribution in [1.29, 1.82) is 0 Å². The van der Waals surface area contributed by atoms with Gasteiger partial charge in [-0.15, -0.1) is 0 Å². The summed E-state index contributed by atoms with van der Waals surface area (Å²) in [5, 5.41) is 9.18. The number of carbonyl (C=O) groups is 2. The smallest absolute Gasteiger partial charge is 0.326 e. The minimum absolute atomic E-state index is 0.201. The van der Waals surface area contributed by atoms with Gasteiger partial charge in [-0.2, -0.15) is 0 Å². The first kappa shape index (κ1) is 14.6. The number of aliphatic carboxylic acids is 1. The van der Waals surface area contributed by atoms with Gasteiger partial charge in [0, 0.05) is 23.4 Å². The molecule has 3 rings (SSSR count). The second-order valence-corrected chi connectivity index (χ2v) is 5.87. The van der Waals surface area contributed by atoms with E-state index in [1.807, 2.05) is 0 Å². The fourth-order valence-electron chi connectivity index (χ4n) is 3.39. The zero-order valence-corrected chi connectivity index (χ0v) is 12.2. The average Bonchev–Trinajstić information content (AvgIpc) is 2.88. The molecule has 0 saturated carbocycles. The van der Waals surface area contributed by atoms with Crippen LogP contribution in [0.15, 0.2) is 18.2 Å². The lowest BCUT2D eigenvalue weighted by atomic mass is 9.91. The highest BCUT2D eigenvalue weighted by molar-refractivity contribution is 6.00. The van der Waals surface area contributed by atoms with E-state index in [1.54, 1.807) is 19.1 Å². The summed E-state index contributed by atoms with van der Waals surface area (Å²) < 4.78 is 14.4. The van der Waals surface area contributed by atoms with Gasteiger partial charge in [0.1, 0.15) is 11.9 Å². The number of carboxylic acid groups (broad SMARTS) is 1. The third kappa shape index (κ3) is 2.15. The number of amides is 1. The summed E-state index contributed by atoms with van der Waals surface area (Å²) in [6.45, 7) is 1.64. The Morgan fingerprint density at radius 2 is 2.14 bits per heavy atom. The lowest BCUT2D eigenvalue weighted by Crippen LogP contribution is -2.46. The van der Waals surface area contributed by atoms with Crippen molar-refractivity contribution in [3.05, 3.63) is 35.2 Å². The van der Waals surface area contributed by atoms with Crippen LogP contribution >= 0.6 is 0 Å². The normalized spacial score (nSPS) is 24.2. The predicted octanol–water partition coefficient (Wildman–Crippen LogP) is 1.95. The lowest BCUT2D eigenvalue weighted by Gasteiger charge is -2.32. The second kappa shape index (κ2) is 5.12. The molecule has 0 radical (unpaired) electrons. The van der Waals surface area contributed by atoms with Crippen molar-refractivity contribution < 1.29 is 19.1 Å². The molecular weight excluding hydrogens is 287 g/mol. The summed E-state index contributed by atoms with van der Waals surface area (Å²) in [5.74, 6) is -1.79. The van der Waals surface area contributed by atoms with Gasteiger partial charge in [-0.1, -0.05) is 6.07 Å². The van der Waals surface area contributed by atoms with Crippen molar-refractivity contribution >= 4 is 23.1 Å². The van der Waals surface area contributed by atoms with Crippen molar-refractivity contribution in [3.63, 3.8) is 0 Å². The molecule has 0 aliphatic carbocycles. The number of nitrogens with two attached hydrogens (primary N) is 1. The van der Waals surface area contributed by atoms with Gasteiger partial charge in [0.2, 0.25) is 5.91 Å². The minimum Gasteiger partial charge on any atom is -0.480 e. The minimum atomic E-state index is -0.992. The quantitative estimate of drug-likeness (QED) is 0.818. The van der Waals surface area contributed by atoms with E-state index >= 15 is 0 Å². The van der Waals surface area contributed by atoms with Gasteiger partial charge in [-0.3, -0.25) is 4.79 Å². The Bertz CT molecular complexity index is 699. The number of carboxylic acids is 1. The number of fused-ring (bicyclic) bond motifs is 1. The van der Waals surface area contributed by atoms with Crippen LogP contribution in [0.5, 0.6) is 0 Å². The van der Waals surface area contributed by atoms with E-state index < -0.39 is 17.8 Å². The van der Waals surface area contributed by atoms with Crippen molar-refractivity contribution in [1.82, 2.24) is 4.90 Å². The highest BCUT2D eigenvalue weighted by atomic mass is 19.1. The SMILES string of the molecule is Cc1ccc(N)c(C2=CC(=O)N3C(CC[C@H]3C(=O)O)C2)c1F. The molecule has 0 spiro atoms. The number of nitrogen functional groups attached to an aromatic ring is 1. The molecule has 1 aromatic rings. The van der Waals surface area contributed by atoms with Gasteiger partial charge in [0.05, 0.1) is 0 Å². The topological polar surface area (TPSA) is 83.6 Å². The molecule has 0 aromatic heterocycles. The number of aryl methyl sites for hydroxylation is 1. The Hall–Kier alpha value is -2.37. The van der Waals surface area contributed by atoms with Crippen LogP contribution in [0.1, 0.15) is 30.4 Å². The standard InChI is InChI=1S/C16H17FN2O3/c1-8-2-4-11(18)14(15(8)17)9-6-10-3-5-12(16(21)22)19(10)13(20)7-9/h2,4,7,10,12H,3,5-6,18H2,1H3,(H,21,22)/t10?,12-/m0/s1. The molecule has 2 aliphatic rings. The number of benzene rings is 1. The Balaban J connectivity index is 2.01. The number of nitrogens with zero attached hydrogens (tertiary/aromatic N) is 1. The highest BCUT2D eigenvalue weighted by Crippen LogP contribution is 2.38. The number of halogens is 1. The third-order valence-electron chi connectivity index (χ3n) is 4.48. The fourth-order valence-corrected chi connectivity index (χ4v) is 3.39. The maximum atomic E-state index is 14.4. The highest BCUT2D eigenvalue weighted by Gasteiger charge is 2.43. The lowest BCUT2D eigenvalue weighted by molar-refractivity contribution is -0.147. The van der Waals surface area contributed by atoms with Crippen molar-refractivity contribution in [2.24, 2.45) is 0 Å². The van der Waals surface area contributed by atoms with Gasteiger partial charge in [0.25, 0.3) is 0 Å². The number of anilines is 1. The van der Waals surface area contributed by atoms with Crippen LogP contribution in [0, 0.1) is 12.7 Å². The Morgan fingerprint density at radius 1 is 1.41 bits per heavy atom. The van der Waals surface area contributed by atoms with Crippen molar-refractivity contribution in [2.75, 3.05) is 5.73 Å². The van der Waals surface area contributed by atoms with E-state index in [0.29, 0.717) is 36.1 Å². The molecule has 1 saturated heterocycles. The van der Waals surface area contributed by atoms with Gasteiger partial charge in [-0.05, 0) is 43.4 Å². The summed E-state index contributed by atoms with van der Waals surface area (Å²) in [7, 11) is 0. The zero-order valence-electron chi connectivity index (χ0n) is 12.2. The first-order valence-electron chi connectivity index (χ1n) is 7.20. The molecule has 2 aliphatic heterocycles. The van der Waals surface area contributed by atoms with Crippen LogP contribution in [0.2, 0.25) is 0 Å². The zero-order chi connectivity index (χ0) is 16.0. The van der Waals surface area contributed by atoms with E-state index in [2.05, 4.69) is 0 Å². The summed E-state index contributed by atoms with van der Waals surface area (Å²) in [5.41, 5.74) is 7.46. The van der Waals surface area contributed by atoms with E-state index in [1.165, 1.54) is 11.0 Å². The van der Waals surface area contributed by atoms with Crippen molar-refractivity contribution in [3.8, 4) is 0 Å². The fraction of sp³-hybridized carbons (Fsp3) is 0.375. The van der Waals surface area contributed by atoms with Crippen LogP contribution in [0.3, 0.4) is 0 Å². The van der Waals surface area contributed by atoms with Gasteiger partial charge in [0.15, 0.2) is 0 Å². The summed E-state index contributed by atoms with van der Waals surface area (Å²) in [4.78, 5) is 24.9. The first-order valence-corrected chi connectivity index (χ1v) is 7.20. The van der Waals surface area contributed by atoms with E-state index in [9.17, 15) is 19.1 Å². The first-order chi connectivity index (χ1) is 10.4. The van der Waals surface area contributed by atoms with E-state index in [4.69, 9.17) is 5.73 Å². The predicted molar refractivity (Wildman–Crippen MR) is 79.4 cm³/mol. The molecular formula is C16H17FN2O3. The Morgan fingerprint density at radius 3 is 2.82 bits per heavy atom. The number of carbonyl (C=O) groups excluding carboxylic acids is 1. The molecule has 2 heterocycles. The Labute approximate surface area is 127 Å². The van der Waals surface area contributed by atoms with Gasteiger partial charge >= 0.3 is 5.97 Å². The molecule has 1 amide bonds. The monoisotopic (exact) mass is 304 g/mol. The molecule has 0 bridgehead atoms.